The lowest BCUT2D eigenvalue weighted by atomic mass is 9.80. The van der Waals surface area contributed by atoms with Crippen LogP contribution >= 0.6 is 0 Å². The van der Waals surface area contributed by atoms with E-state index in [-0.39, 0.29) is 16.5 Å². The highest BCUT2D eigenvalue weighted by Gasteiger charge is 2.38. The summed E-state index contributed by atoms with van der Waals surface area (Å²) in [5, 5.41) is 13.3. The molecule has 0 atom stereocenters. The van der Waals surface area contributed by atoms with Crippen LogP contribution in [0.2, 0.25) is 0 Å². The third-order valence-electron chi connectivity index (χ3n) is 2.12. The van der Waals surface area contributed by atoms with Crippen molar-refractivity contribution in [2.24, 2.45) is 5.41 Å². The highest BCUT2D eigenvalue weighted by molar-refractivity contribution is 4.87. The summed E-state index contributed by atoms with van der Waals surface area (Å²) in [6.45, 7) is 16.5. The molecule has 0 aromatic heterocycles. The first-order valence-electron chi connectivity index (χ1n) is 5.34. The molecule has 0 heterocycles. The Labute approximate surface area is 89.3 Å². The van der Waals surface area contributed by atoms with Crippen LogP contribution in [-0.4, -0.2) is 16.1 Å². The Morgan fingerprint density at radius 3 is 1.43 bits per heavy atom. The molecule has 0 spiro atoms. The van der Waals surface area contributed by atoms with E-state index in [0.29, 0.717) is 0 Å². The van der Waals surface area contributed by atoms with E-state index in [1.807, 2.05) is 34.6 Å². The first-order chi connectivity index (χ1) is 5.86. The van der Waals surface area contributed by atoms with Gasteiger partial charge in [-0.25, -0.2) is 0 Å². The minimum atomic E-state index is -0.311. The lowest BCUT2D eigenvalue weighted by molar-refractivity contribution is -0.272. The zero-order chi connectivity index (χ0) is 11.8. The molecule has 0 aromatic rings. The fourth-order valence-electron chi connectivity index (χ4n) is 2.28. The quantitative estimate of drug-likeness (QED) is 0.624. The fourth-order valence-corrected chi connectivity index (χ4v) is 2.28. The molecule has 0 aromatic carbocycles. The van der Waals surface area contributed by atoms with Crippen LogP contribution in [-0.2, 0) is 5.21 Å². The van der Waals surface area contributed by atoms with E-state index >= 15 is 0 Å². The van der Waals surface area contributed by atoms with E-state index in [0.717, 1.165) is 6.42 Å². The maximum atomic E-state index is 12.1. The highest BCUT2D eigenvalue weighted by atomic mass is 16.5. The van der Waals surface area contributed by atoms with E-state index in [1.54, 1.807) is 0 Å². The molecule has 1 radical (unpaired) electrons. The summed E-state index contributed by atoms with van der Waals surface area (Å²) in [6.07, 6.45) is 0.904. The van der Waals surface area contributed by atoms with Crippen LogP contribution in [0.15, 0.2) is 0 Å². The SMILES string of the molecule is CC(C)(C)CC(C)(C)N([O])C(C)(C)C. The number of rotatable bonds is 2. The van der Waals surface area contributed by atoms with Crippen molar-refractivity contribution in [3.05, 3.63) is 0 Å². The predicted molar refractivity (Wildman–Crippen MR) is 60.4 cm³/mol. The Kier molecular flexibility index (Phi) is 3.80. The van der Waals surface area contributed by atoms with Gasteiger partial charge in [0.25, 0.3) is 0 Å². The smallest absolute Gasteiger partial charge is 0.0448 e. The van der Waals surface area contributed by atoms with E-state index in [4.69, 9.17) is 0 Å². The third-order valence-corrected chi connectivity index (χ3v) is 2.12. The summed E-state index contributed by atoms with van der Waals surface area (Å²) in [5.74, 6) is 0. The van der Waals surface area contributed by atoms with Crippen LogP contribution < -0.4 is 0 Å². The molecule has 2 nitrogen and oxygen atoms in total. The maximum absolute atomic E-state index is 12.1. The molecule has 0 aliphatic heterocycles. The molecule has 0 fully saturated rings. The van der Waals surface area contributed by atoms with Crippen molar-refractivity contribution in [1.82, 2.24) is 5.06 Å². The van der Waals surface area contributed by atoms with Gasteiger partial charge in [-0.1, -0.05) is 20.8 Å². The molecule has 0 saturated carbocycles. The van der Waals surface area contributed by atoms with Gasteiger partial charge in [-0.2, -0.15) is 0 Å². The van der Waals surface area contributed by atoms with Gasteiger partial charge in [0.15, 0.2) is 0 Å². The average Bonchev–Trinajstić information content (AvgIpc) is 1.78. The van der Waals surface area contributed by atoms with Crippen LogP contribution in [0.5, 0.6) is 0 Å². The van der Waals surface area contributed by atoms with E-state index in [2.05, 4.69) is 20.8 Å². The molecule has 0 amide bonds. The molecule has 0 N–H and O–H groups in total. The standard InChI is InChI=1S/C12H26NO/c1-10(2,3)9-12(7,8)13(14)11(4,5)6/h9H2,1-8H3. The molecule has 0 rings (SSSR count). The van der Waals surface area contributed by atoms with Gasteiger partial charge in [-0.15, -0.1) is 10.3 Å². The van der Waals surface area contributed by atoms with Crippen LogP contribution in [0.1, 0.15) is 61.8 Å². The van der Waals surface area contributed by atoms with Crippen LogP contribution in [0, 0.1) is 5.41 Å². The van der Waals surface area contributed by atoms with Gasteiger partial charge in [-0.3, -0.25) is 0 Å². The Morgan fingerprint density at radius 2 is 1.21 bits per heavy atom. The summed E-state index contributed by atoms with van der Waals surface area (Å²) in [6, 6.07) is 0. The summed E-state index contributed by atoms with van der Waals surface area (Å²) in [5.41, 5.74) is -0.414. The van der Waals surface area contributed by atoms with E-state index in [1.165, 1.54) is 5.06 Å². The molecule has 14 heavy (non-hydrogen) atoms. The van der Waals surface area contributed by atoms with E-state index in [9.17, 15) is 5.21 Å². The fraction of sp³-hybridized carbons (Fsp3) is 1.00. The predicted octanol–water partition coefficient (Wildman–Crippen LogP) is 3.65. The Bertz CT molecular complexity index is 183. The summed E-state index contributed by atoms with van der Waals surface area (Å²) in [7, 11) is 0. The van der Waals surface area contributed by atoms with Crippen molar-refractivity contribution in [1.29, 1.82) is 0 Å². The molecular weight excluding hydrogens is 174 g/mol. The van der Waals surface area contributed by atoms with Gasteiger partial charge in [0.05, 0.1) is 0 Å². The van der Waals surface area contributed by atoms with Crippen molar-refractivity contribution in [3.63, 3.8) is 0 Å². The summed E-state index contributed by atoms with van der Waals surface area (Å²) < 4.78 is 0. The van der Waals surface area contributed by atoms with Gasteiger partial charge in [-0.05, 0) is 46.5 Å². The zero-order valence-electron chi connectivity index (χ0n) is 11.1. The average molecular weight is 200 g/mol. The number of hydroxylamine groups is 2. The van der Waals surface area contributed by atoms with Gasteiger partial charge < -0.3 is 0 Å². The van der Waals surface area contributed by atoms with Gasteiger partial charge in [0.1, 0.15) is 0 Å². The van der Waals surface area contributed by atoms with Gasteiger partial charge >= 0.3 is 0 Å². The van der Waals surface area contributed by atoms with Crippen molar-refractivity contribution in [2.45, 2.75) is 72.9 Å². The molecule has 0 unspecified atom stereocenters. The second-order valence-corrected chi connectivity index (χ2v) is 7.02. The minimum Gasteiger partial charge on any atom is -0.144 e. The molecule has 0 aliphatic carbocycles. The lowest BCUT2D eigenvalue weighted by Gasteiger charge is -2.43. The van der Waals surface area contributed by atoms with Crippen molar-refractivity contribution >= 4 is 0 Å². The molecule has 85 valence electrons. The van der Waals surface area contributed by atoms with Crippen LogP contribution in [0.3, 0.4) is 0 Å². The second kappa shape index (κ2) is 3.82. The second-order valence-electron chi connectivity index (χ2n) is 7.02. The number of hydrogen-bond acceptors (Lipinski definition) is 1. The Hall–Kier alpha value is -0.0800. The highest BCUT2D eigenvalue weighted by Crippen LogP contribution is 2.33. The summed E-state index contributed by atoms with van der Waals surface area (Å²) in [4.78, 5) is 0. The topological polar surface area (TPSA) is 23.1 Å². The van der Waals surface area contributed by atoms with Crippen molar-refractivity contribution in [3.8, 4) is 0 Å². The van der Waals surface area contributed by atoms with Gasteiger partial charge in [0, 0.05) is 11.1 Å². The van der Waals surface area contributed by atoms with Crippen LogP contribution in [0.4, 0.5) is 0 Å². The molecule has 0 aliphatic rings. The Balaban J connectivity index is 4.63. The van der Waals surface area contributed by atoms with Crippen molar-refractivity contribution < 1.29 is 5.21 Å². The monoisotopic (exact) mass is 200 g/mol. The molecular formula is C12H26NO. The van der Waals surface area contributed by atoms with Crippen LogP contribution in [0.25, 0.3) is 0 Å². The number of nitrogens with zero attached hydrogens (tertiary/aromatic N) is 1. The minimum absolute atomic E-state index is 0.192. The summed E-state index contributed by atoms with van der Waals surface area (Å²) >= 11 is 0. The normalized spacial score (nSPS) is 15.0. The maximum Gasteiger partial charge on any atom is 0.0448 e. The largest absolute Gasteiger partial charge is 0.144 e. The molecule has 0 saturated heterocycles. The third kappa shape index (κ3) is 4.43. The Morgan fingerprint density at radius 1 is 0.857 bits per heavy atom. The zero-order valence-corrected chi connectivity index (χ0v) is 11.1. The lowest BCUT2D eigenvalue weighted by Crippen LogP contribution is -2.52. The first-order valence-corrected chi connectivity index (χ1v) is 5.34. The molecule has 2 heteroatoms. The van der Waals surface area contributed by atoms with E-state index < -0.39 is 0 Å². The first kappa shape index (κ1) is 13.9. The number of hydrogen-bond donors (Lipinski definition) is 0. The van der Waals surface area contributed by atoms with Gasteiger partial charge in [0.2, 0.25) is 0 Å². The molecule has 0 bridgehead atoms. The van der Waals surface area contributed by atoms with Crippen molar-refractivity contribution in [2.75, 3.05) is 0 Å².